The number of alkyl halides is 3. The Labute approximate surface area is 89.0 Å². The van der Waals surface area contributed by atoms with Crippen LogP contribution in [0.4, 0.5) is 18.0 Å². The zero-order valence-electron chi connectivity index (χ0n) is 8.34. The molecule has 0 fully saturated rings. The highest BCUT2D eigenvalue weighted by atomic mass is 19.4. The zero-order valence-corrected chi connectivity index (χ0v) is 8.34. The van der Waals surface area contributed by atoms with Crippen LogP contribution in [-0.4, -0.2) is 41.9 Å². The summed E-state index contributed by atoms with van der Waals surface area (Å²) < 4.78 is 35.5. The van der Waals surface area contributed by atoms with Crippen LogP contribution in [0.2, 0.25) is 0 Å². The van der Waals surface area contributed by atoms with Crippen molar-refractivity contribution in [1.82, 2.24) is 10.6 Å². The highest BCUT2D eigenvalue weighted by molar-refractivity contribution is 5.86. The molecular formula is C7H12F3N3O3. The van der Waals surface area contributed by atoms with Gasteiger partial charge in [0, 0.05) is 0 Å². The van der Waals surface area contributed by atoms with Crippen molar-refractivity contribution >= 4 is 11.9 Å². The van der Waals surface area contributed by atoms with Crippen molar-refractivity contribution in [3.63, 3.8) is 0 Å². The summed E-state index contributed by atoms with van der Waals surface area (Å²) >= 11 is 0. The van der Waals surface area contributed by atoms with Gasteiger partial charge in [-0.15, -0.1) is 0 Å². The number of nitrogens with one attached hydrogen (secondary N) is 2. The molecule has 5 N–H and O–H groups in total. The van der Waals surface area contributed by atoms with E-state index in [9.17, 15) is 22.8 Å². The normalized spacial score (nSPS) is 15.1. The van der Waals surface area contributed by atoms with E-state index in [-0.39, 0.29) is 0 Å². The third-order valence-corrected chi connectivity index (χ3v) is 1.60. The predicted octanol–water partition coefficient (Wildman–Crippen LogP) is -0.917. The van der Waals surface area contributed by atoms with Crippen LogP contribution in [0.1, 0.15) is 6.92 Å². The van der Waals surface area contributed by atoms with Crippen LogP contribution in [0, 0.1) is 0 Å². The van der Waals surface area contributed by atoms with E-state index in [1.54, 1.807) is 0 Å². The molecule has 0 saturated carbocycles. The highest BCUT2D eigenvalue weighted by Gasteiger charge is 2.38. The Morgan fingerprint density at radius 3 is 2.31 bits per heavy atom. The quantitative estimate of drug-likeness (QED) is 0.513. The lowest BCUT2D eigenvalue weighted by atomic mass is 10.3. The molecule has 0 spiro atoms. The topological polar surface area (TPSA) is 104 Å². The molecule has 0 saturated heterocycles. The van der Waals surface area contributed by atoms with E-state index in [0.29, 0.717) is 0 Å². The molecule has 3 amide bonds. The molecule has 94 valence electrons. The second kappa shape index (κ2) is 5.54. The smallest absolute Gasteiger partial charge is 0.382 e. The number of halogens is 3. The first-order valence-electron chi connectivity index (χ1n) is 4.23. The Morgan fingerprint density at radius 1 is 1.44 bits per heavy atom. The summed E-state index contributed by atoms with van der Waals surface area (Å²) in [6, 6.07) is -2.04. The van der Waals surface area contributed by atoms with Gasteiger partial charge in [0.25, 0.3) is 0 Å². The summed E-state index contributed by atoms with van der Waals surface area (Å²) in [4.78, 5) is 21.4. The SMILES string of the molecule is CC(NC(N)=O)C(=O)NCC(O)C(F)(F)F. The van der Waals surface area contributed by atoms with E-state index >= 15 is 0 Å². The van der Waals surface area contributed by atoms with Gasteiger partial charge in [0.2, 0.25) is 5.91 Å². The molecule has 0 aliphatic carbocycles. The van der Waals surface area contributed by atoms with Crippen molar-refractivity contribution in [2.45, 2.75) is 25.2 Å². The van der Waals surface area contributed by atoms with E-state index in [1.807, 2.05) is 10.6 Å². The summed E-state index contributed by atoms with van der Waals surface area (Å²) in [5.74, 6) is -0.873. The van der Waals surface area contributed by atoms with Gasteiger partial charge in [0.15, 0.2) is 6.10 Å². The molecule has 0 radical (unpaired) electrons. The fourth-order valence-corrected chi connectivity index (χ4v) is 0.745. The number of urea groups is 1. The first-order chi connectivity index (χ1) is 7.14. The number of hydrogen-bond acceptors (Lipinski definition) is 3. The Bertz CT molecular complexity index is 269. The largest absolute Gasteiger partial charge is 0.416 e. The minimum absolute atomic E-state index is 0.873. The molecule has 2 atom stereocenters. The van der Waals surface area contributed by atoms with Gasteiger partial charge in [-0.05, 0) is 6.92 Å². The van der Waals surface area contributed by atoms with Crippen LogP contribution < -0.4 is 16.4 Å². The second-order valence-corrected chi connectivity index (χ2v) is 3.03. The van der Waals surface area contributed by atoms with Crippen LogP contribution in [0.3, 0.4) is 0 Å². The standard InChI is InChI=1S/C7H12F3N3O3/c1-3(13-6(11)16)5(15)12-2-4(14)7(8,9)10/h3-4,14H,2H2,1H3,(H,12,15)(H3,11,13,16). The van der Waals surface area contributed by atoms with Crippen LogP contribution in [-0.2, 0) is 4.79 Å². The minimum atomic E-state index is -4.80. The van der Waals surface area contributed by atoms with Gasteiger partial charge in [-0.25, -0.2) is 4.79 Å². The average Bonchev–Trinajstić information content (AvgIpc) is 2.10. The van der Waals surface area contributed by atoms with Crippen LogP contribution in [0.15, 0.2) is 0 Å². The predicted molar refractivity (Wildman–Crippen MR) is 47.3 cm³/mol. The van der Waals surface area contributed by atoms with Crippen molar-refractivity contribution in [3.8, 4) is 0 Å². The second-order valence-electron chi connectivity index (χ2n) is 3.03. The molecule has 0 bridgehead atoms. The molecule has 0 aromatic carbocycles. The number of hydrogen-bond donors (Lipinski definition) is 4. The van der Waals surface area contributed by atoms with Crippen molar-refractivity contribution in [1.29, 1.82) is 0 Å². The van der Waals surface area contributed by atoms with Gasteiger partial charge in [0.05, 0.1) is 6.54 Å². The Morgan fingerprint density at radius 2 is 1.94 bits per heavy atom. The maximum atomic E-state index is 11.8. The molecule has 2 unspecified atom stereocenters. The third-order valence-electron chi connectivity index (χ3n) is 1.60. The fraction of sp³-hybridized carbons (Fsp3) is 0.714. The first-order valence-corrected chi connectivity index (χ1v) is 4.23. The van der Waals surface area contributed by atoms with Crippen LogP contribution >= 0.6 is 0 Å². The van der Waals surface area contributed by atoms with Gasteiger partial charge in [-0.1, -0.05) is 0 Å². The molecule has 0 heterocycles. The van der Waals surface area contributed by atoms with E-state index in [2.05, 4.69) is 0 Å². The number of aliphatic hydroxyl groups is 1. The Hall–Kier alpha value is -1.51. The summed E-state index contributed by atoms with van der Waals surface area (Å²) in [7, 11) is 0. The maximum Gasteiger partial charge on any atom is 0.416 e. The van der Waals surface area contributed by atoms with Gasteiger partial charge in [-0.2, -0.15) is 13.2 Å². The van der Waals surface area contributed by atoms with Crippen LogP contribution in [0.25, 0.3) is 0 Å². The van der Waals surface area contributed by atoms with E-state index in [0.717, 1.165) is 0 Å². The molecular weight excluding hydrogens is 231 g/mol. The fourth-order valence-electron chi connectivity index (χ4n) is 0.745. The number of primary amides is 1. The summed E-state index contributed by atoms with van der Waals surface area (Å²) in [6.45, 7) is 0.257. The van der Waals surface area contributed by atoms with Crippen molar-refractivity contribution in [3.05, 3.63) is 0 Å². The molecule has 6 nitrogen and oxygen atoms in total. The van der Waals surface area contributed by atoms with E-state index in [1.165, 1.54) is 6.92 Å². The lowest BCUT2D eigenvalue weighted by Gasteiger charge is -2.17. The summed E-state index contributed by atoms with van der Waals surface area (Å²) in [5.41, 5.74) is 4.70. The summed E-state index contributed by atoms with van der Waals surface area (Å²) in [5, 5.41) is 12.3. The maximum absolute atomic E-state index is 11.8. The number of carbonyl (C=O) groups excluding carboxylic acids is 2. The Balaban J connectivity index is 4.03. The molecule has 0 aliphatic rings. The van der Waals surface area contributed by atoms with Crippen molar-refractivity contribution < 1.29 is 27.9 Å². The van der Waals surface area contributed by atoms with Crippen LogP contribution in [0.5, 0.6) is 0 Å². The number of carbonyl (C=O) groups is 2. The minimum Gasteiger partial charge on any atom is -0.382 e. The zero-order chi connectivity index (χ0) is 12.9. The average molecular weight is 243 g/mol. The van der Waals surface area contributed by atoms with Crippen molar-refractivity contribution in [2.75, 3.05) is 6.54 Å². The lowest BCUT2D eigenvalue weighted by Crippen LogP contribution is -2.49. The van der Waals surface area contributed by atoms with Gasteiger partial charge < -0.3 is 21.5 Å². The Kier molecular flexibility index (Phi) is 5.02. The monoisotopic (exact) mass is 243 g/mol. The molecule has 9 heteroatoms. The third kappa shape index (κ3) is 5.39. The van der Waals surface area contributed by atoms with Gasteiger partial charge in [-0.3, -0.25) is 4.79 Å². The molecule has 0 rings (SSSR count). The molecule has 0 aliphatic heterocycles. The van der Waals surface area contributed by atoms with E-state index in [4.69, 9.17) is 10.8 Å². The van der Waals surface area contributed by atoms with Crippen molar-refractivity contribution in [2.24, 2.45) is 5.73 Å². The highest BCUT2D eigenvalue weighted by Crippen LogP contribution is 2.19. The lowest BCUT2D eigenvalue weighted by molar-refractivity contribution is -0.201. The number of aliphatic hydroxyl groups excluding tert-OH is 1. The van der Waals surface area contributed by atoms with Gasteiger partial charge >= 0.3 is 12.2 Å². The number of nitrogens with two attached hydrogens (primary N) is 1. The van der Waals surface area contributed by atoms with E-state index < -0.39 is 36.8 Å². The molecule has 16 heavy (non-hydrogen) atoms. The number of amides is 3. The summed E-state index contributed by atoms with van der Waals surface area (Å²) in [6.07, 6.45) is -7.44. The molecule has 0 aromatic rings. The van der Waals surface area contributed by atoms with Gasteiger partial charge in [0.1, 0.15) is 6.04 Å². The molecule has 0 aromatic heterocycles. The number of rotatable bonds is 4. The first kappa shape index (κ1) is 14.5.